The molecule has 29 heavy (non-hydrogen) atoms. The zero-order chi connectivity index (χ0) is 20.1. The monoisotopic (exact) mass is 401 g/mol. The first-order valence-electron chi connectivity index (χ1n) is 9.25. The van der Waals surface area contributed by atoms with Crippen molar-refractivity contribution in [2.24, 2.45) is 0 Å². The zero-order valence-corrected chi connectivity index (χ0v) is 16.4. The lowest BCUT2D eigenvalue weighted by molar-refractivity contribution is 0.214. The molecule has 3 aromatic carbocycles. The Bertz CT molecular complexity index is 1030. The molecule has 0 radical (unpaired) electrons. The van der Waals surface area contributed by atoms with E-state index in [0.29, 0.717) is 17.8 Å². The molecule has 6 heteroatoms. The summed E-state index contributed by atoms with van der Waals surface area (Å²) in [6.45, 7) is 0.668. The normalized spacial score (nSPS) is 15.6. The SMILES string of the molecule is N#Cc1ccc(NC(=O)N2CCS[C@@H]2c2cccc(Oc3ccccc3)c2)cc1. The summed E-state index contributed by atoms with van der Waals surface area (Å²) in [5.41, 5.74) is 2.26. The van der Waals surface area contributed by atoms with Crippen LogP contribution in [-0.2, 0) is 0 Å². The third kappa shape index (κ3) is 4.53. The van der Waals surface area contributed by atoms with E-state index < -0.39 is 0 Å². The molecule has 0 aliphatic carbocycles. The van der Waals surface area contributed by atoms with E-state index >= 15 is 0 Å². The second-order valence-electron chi connectivity index (χ2n) is 6.52. The molecule has 1 aliphatic heterocycles. The largest absolute Gasteiger partial charge is 0.457 e. The molecule has 1 heterocycles. The number of amides is 2. The van der Waals surface area contributed by atoms with Crippen LogP contribution < -0.4 is 10.1 Å². The molecule has 4 rings (SSSR count). The molecule has 144 valence electrons. The van der Waals surface area contributed by atoms with Gasteiger partial charge in [-0.25, -0.2) is 4.79 Å². The topological polar surface area (TPSA) is 65.4 Å². The molecule has 0 unspecified atom stereocenters. The minimum Gasteiger partial charge on any atom is -0.457 e. The van der Waals surface area contributed by atoms with E-state index in [0.717, 1.165) is 22.8 Å². The Balaban J connectivity index is 1.48. The quantitative estimate of drug-likeness (QED) is 0.615. The van der Waals surface area contributed by atoms with Crippen molar-refractivity contribution >= 4 is 23.5 Å². The maximum absolute atomic E-state index is 12.8. The van der Waals surface area contributed by atoms with Gasteiger partial charge in [-0.1, -0.05) is 30.3 Å². The number of ether oxygens (including phenoxy) is 1. The van der Waals surface area contributed by atoms with Gasteiger partial charge in [0.25, 0.3) is 0 Å². The molecule has 1 N–H and O–H groups in total. The fraction of sp³-hybridized carbons (Fsp3) is 0.130. The number of hydrogen-bond donors (Lipinski definition) is 1. The number of hydrogen-bond acceptors (Lipinski definition) is 4. The summed E-state index contributed by atoms with van der Waals surface area (Å²) in [5, 5.41) is 11.7. The second-order valence-corrected chi connectivity index (χ2v) is 7.71. The van der Waals surface area contributed by atoms with Crippen LogP contribution in [0.1, 0.15) is 16.5 Å². The molecule has 5 nitrogen and oxygen atoms in total. The molecule has 3 aromatic rings. The van der Waals surface area contributed by atoms with Gasteiger partial charge in [-0.15, -0.1) is 11.8 Å². The van der Waals surface area contributed by atoms with E-state index in [4.69, 9.17) is 10.00 Å². The molecule has 2 amide bonds. The number of nitrogens with zero attached hydrogens (tertiary/aromatic N) is 2. The van der Waals surface area contributed by atoms with Crippen LogP contribution >= 0.6 is 11.8 Å². The third-order valence-corrected chi connectivity index (χ3v) is 5.80. The van der Waals surface area contributed by atoms with Gasteiger partial charge in [0.05, 0.1) is 11.6 Å². The summed E-state index contributed by atoms with van der Waals surface area (Å²) in [6, 6.07) is 26.3. The van der Waals surface area contributed by atoms with E-state index in [1.807, 2.05) is 59.5 Å². The highest BCUT2D eigenvalue weighted by Gasteiger charge is 2.31. The van der Waals surface area contributed by atoms with Crippen LogP contribution in [0.5, 0.6) is 11.5 Å². The van der Waals surface area contributed by atoms with Crippen molar-refractivity contribution in [2.45, 2.75) is 5.37 Å². The van der Waals surface area contributed by atoms with E-state index in [1.165, 1.54) is 0 Å². The van der Waals surface area contributed by atoms with Gasteiger partial charge in [0.2, 0.25) is 0 Å². The minimum absolute atomic E-state index is 0.0762. The van der Waals surface area contributed by atoms with Crippen molar-refractivity contribution in [3.63, 3.8) is 0 Å². The summed E-state index contributed by atoms with van der Waals surface area (Å²) >= 11 is 1.73. The maximum Gasteiger partial charge on any atom is 0.323 e. The fourth-order valence-electron chi connectivity index (χ4n) is 3.13. The number of carbonyl (C=O) groups is 1. The van der Waals surface area contributed by atoms with Crippen molar-refractivity contribution in [1.29, 1.82) is 5.26 Å². The number of thioether (sulfide) groups is 1. The average Bonchev–Trinajstić information content (AvgIpc) is 3.25. The van der Waals surface area contributed by atoms with Gasteiger partial charge in [-0.05, 0) is 54.1 Å². The number of benzene rings is 3. The molecular formula is C23H19N3O2S. The predicted octanol–water partition coefficient (Wildman–Crippen LogP) is 5.63. The highest BCUT2D eigenvalue weighted by molar-refractivity contribution is 7.99. The van der Waals surface area contributed by atoms with Crippen LogP contribution in [0.4, 0.5) is 10.5 Å². The maximum atomic E-state index is 12.8. The van der Waals surface area contributed by atoms with E-state index in [1.54, 1.807) is 36.0 Å². The van der Waals surface area contributed by atoms with Crippen LogP contribution in [0.3, 0.4) is 0 Å². The van der Waals surface area contributed by atoms with Crippen molar-refractivity contribution in [2.75, 3.05) is 17.6 Å². The molecule has 1 saturated heterocycles. The van der Waals surface area contributed by atoms with Crippen LogP contribution in [0.25, 0.3) is 0 Å². The van der Waals surface area contributed by atoms with E-state index in [-0.39, 0.29) is 11.4 Å². The highest BCUT2D eigenvalue weighted by atomic mass is 32.2. The number of nitriles is 1. The van der Waals surface area contributed by atoms with Crippen LogP contribution in [-0.4, -0.2) is 23.2 Å². The van der Waals surface area contributed by atoms with Gasteiger partial charge < -0.3 is 15.0 Å². The lowest BCUT2D eigenvalue weighted by Crippen LogP contribution is -2.34. The molecule has 0 saturated carbocycles. The van der Waals surface area contributed by atoms with Gasteiger partial charge in [0, 0.05) is 18.0 Å². The summed E-state index contributed by atoms with van der Waals surface area (Å²) in [7, 11) is 0. The van der Waals surface area contributed by atoms with Gasteiger partial charge in [0.15, 0.2) is 0 Å². The fourth-order valence-corrected chi connectivity index (χ4v) is 4.38. The molecule has 0 bridgehead atoms. The van der Waals surface area contributed by atoms with Gasteiger partial charge in [-0.3, -0.25) is 0 Å². The van der Waals surface area contributed by atoms with Crippen molar-refractivity contribution < 1.29 is 9.53 Å². The molecule has 1 fully saturated rings. The second kappa shape index (κ2) is 8.72. The first-order valence-corrected chi connectivity index (χ1v) is 10.3. The average molecular weight is 401 g/mol. The summed E-state index contributed by atoms with van der Waals surface area (Å²) in [4.78, 5) is 14.7. The Labute approximate surface area is 173 Å². The summed E-state index contributed by atoms with van der Waals surface area (Å²) in [6.07, 6.45) is 0. The van der Waals surface area contributed by atoms with Gasteiger partial charge in [-0.2, -0.15) is 5.26 Å². The standard InChI is InChI=1S/C23H19N3O2S/c24-16-17-9-11-19(12-10-17)25-23(27)26-13-14-29-22(26)18-5-4-8-21(15-18)28-20-6-2-1-3-7-20/h1-12,15,22H,13-14H2,(H,25,27)/t22-/m1/s1. The predicted molar refractivity (Wildman–Crippen MR) is 115 cm³/mol. The first-order chi connectivity index (χ1) is 14.2. The van der Waals surface area contributed by atoms with Crippen molar-refractivity contribution in [3.05, 3.63) is 90.0 Å². The number of carbonyl (C=O) groups excluding carboxylic acids is 1. The number of rotatable bonds is 4. The van der Waals surface area contributed by atoms with Crippen molar-refractivity contribution in [3.8, 4) is 17.6 Å². The third-order valence-electron chi connectivity index (χ3n) is 4.54. The lowest BCUT2D eigenvalue weighted by Gasteiger charge is -2.24. The van der Waals surface area contributed by atoms with Crippen molar-refractivity contribution in [1.82, 2.24) is 4.90 Å². The number of urea groups is 1. The molecule has 1 atom stereocenters. The van der Waals surface area contributed by atoms with E-state index in [9.17, 15) is 4.79 Å². The Morgan fingerprint density at radius 1 is 1.03 bits per heavy atom. The van der Waals surface area contributed by atoms with E-state index in [2.05, 4.69) is 11.4 Å². The molecule has 0 aromatic heterocycles. The first kappa shape index (κ1) is 18.9. The molecule has 1 aliphatic rings. The smallest absolute Gasteiger partial charge is 0.323 e. The van der Waals surface area contributed by atoms with Gasteiger partial charge in [0.1, 0.15) is 16.9 Å². The Morgan fingerprint density at radius 3 is 2.55 bits per heavy atom. The Morgan fingerprint density at radius 2 is 1.79 bits per heavy atom. The summed E-state index contributed by atoms with van der Waals surface area (Å²) < 4.78 is 5.94. The van der Waals surface area contributed by atoms with Crippen LogP contribution in [0.2, 0.25) is 0 Å². The summed E-state index contributed by atoms with van der Waals surface area (Å²) in [5.74, 6) is 2.39. The Hall–Kier alpha value is -3.43. The minimum atomic E-state index is -0.154. The number of nitrogens with one attached hydrogen (secondary N) is 1. The van der Waals surface area contributed by atoms with Gasteiger partial charge >= 0.3 is 6.03 Å². The zero-order valence-electron chi connectivity index (χ0n) is 15.6. The Kier molecular flexibility index (Phi) is 5.68. The molecule has 0 spiro atoms. The van der Waals surface area contributed by atoms with Crippen LogP contribution in [0, 0.1) is 11.3 Å². The molecular weight excluding hydrogens is 382 g/mol. The number of anilines is 1. The lowest BCUT2D eigenvalue weighted by atomic mass is 10.2. The number of para-hydroxylation sites is 1. The van der Waals surface area contributed by atoms with Crippen LogP contribution in [0.15, 0.2) is 78.9 Å². The highest BCUT2D eigenvalue weighted by Crippen LogP contribution is 2.39.